The Balaban J connectivity index is 0.00000210. The van der Waals surface area contributed by atoms with E-state index >= 15 is 0 Å². The molecular formula is C19H24ClN3O4. The first-order chi connectivity index (χ1) is 12.4. The zero-order chi connectivity index (χ0) is 18.5. The van der Waals surface area contributed by atoms with Crippen LogP contribution in [-0.4, -0.2) is 47.2 Å². The number of fused-ring (bicyclic) bond motifs is 1. The minimum atomic E-state index is -0.648. The van der Waals surface area contributed by atoms with Gasteiger partial charge in [-0.1, -0.05) is 0 Å². The molecular weight excluding hydrogens is 370 g/mol. The van der Waals surface area contributed by atoms with E-state index in [-0.39, 0.29) is 35.9 Å². The normalized spacial score (nSPS) is 23.4. The van der Waals surface area contributed by atoms with Crippen molar-refractivity contribution < 1.29 is 19.1 Å². The molecule has 1 aliphatic carbocycles. The molecule has 2 aliphatic heterocycles. The van der Waals surface area contributed by atoms with Crippen molar-refractivity contribution in [3.05, 3.63) is 23.8 Å². The zero-order valence-electron chi connectivity index (χ0n) is 15.2. The molecule has 0 spiro atoms. The molecule has 2 heterocycles. The molecule has 3 N–H and O–H groups in total. The maximum absolute atomic E-state index is 12.8. The van der Waals surface area contributed by atoms with Crippen LogP contribution in [0.2, 0.25) is 0 Å². The SMILES string of the molecule is CC1Oc2ccc(C(=O)C3CCN(C(=O)C4(N)CC4)CC3)cc2NC1=O.Cl. The maximum atomic E-state index is 12.8. The first-order valence-corrected chi connectivity index (χ1v) is 9.11. The second-order valence-corrected chi connectivity index (χ2v) is 7.55. The number of nitrogens with zero attached hydrogens (tertiary/aromatic N) is 1. The first-order valence-electron chi connectivity index (χ1n) is 9.11. The van der Waals surface area contributed by atoms with Gasteiger partial charge in [-0.05, 0) is 50.8 Å². The number of Topliss-reactive ketones (excluding diaryl/α,β-unsaturated/α-hetero) is 1. The molecule has 1 aromatic carbocycles. The van der Waals surface area contributed by atoms with E-state index in [9.17, 15) is 14.4 Å². The lowest BCUT2D eigenvalue weighted by atomic mass is 9.88. The van der Waals surface area contributed by atoms with Crippen LogP contribution in [0.25, 0.3) is 0 Å². The highest BCUT2D eigenvalue weighted by Gasteiger charge is 2.48. The molecule has 8 heteroatoms. The molecule has 1 unspecified atom stereocenters. The Morgan fingerprint density at radius 1 is 1.26 bits per heavy atom. The van der Waals surface area contributed by atoms with Crippen LogP contribution in [0.5, 0.6) is 5.75 Å². The van der Waals surface area contributed by atoms with Gasteiger partial charge in [0.05, 0.1) is 11.2 Å². The summed E-state index contributed by atoms with van der Waals surface area (Å²) in [6.07, 6.45) is 2.25. The predicted molar refractivity (Wildman–Crippen MR) is 102 cm³/mol. The fraction of sp³-hybridized carbons (Fsp3) is 0.526. The van der Waals surface area contributed by atoms with Crippen molar-refractivity contribution in [2.45, 2.75) is 44.2 Å². The van der Waals surface area contributed by atoms with Gasteiger partial charge >= 0.3 is 0 Å². The maximum Gasteiger partial charge on any atom is 0.265 e. The van der Waals surface area contributed by atoms with Gasteiger partial charge in [-0.3, -0.25) is 14.4 Å². The largest absolute Gasteiger partial charge is 0.479 e. The average Bonchev–Trinajstić information content (AvgIpc) is 3.40. The molecule has 3 aliphatic rings. The summed E-state index contributed by atoms with van der Waals surface area (Å²) < 4.78 is 5.52. The summed E-state index contributed by atoms with van der Waals surface area (Å²) in [4.78, 5) is 38.7. The molecule has 146 valence electrons. The van der Waals surface area contributed by atoms with Gasteiger partial charge in [0, 0.05) is 24.6 Å². The van der Waals surface area contributed by atoms with Crippen molar-refractivity contribution in [3.8, 4) is 5.75 Å². The summed E-state index contributed by atoms with van der Waals surface area (Å²) in [7, 11) is 0. The van der Waals surface area contributed by atoms with Crippen LogP contribution in [0.1, 0.15) is 43.0 Å². The van der Waals surface area contributed by atoms with Crippen molar-refractivity contribution in [2.24, 2.45) is 11.7 Å². The lowest BCUT2D eigenvalue weighted by molar-refractivity contribution is -0.134. The Morgan fingerprint density at radius 2 is 1.93 bits per heavy atom. The van der Waals surface area contributed by atoms with E-state index in [1.807, 2.05) is 0 Å². The number of carbonyl (C=O) groups is 3. The molecule has 0 radical (unpaired) electrons. The summed E-state index contributed by atoms with van der Waals surface area (Å²) in [6, 6.07) is 5.14. The third kappa shape index (κ3) is 3.66. The predicted octanol–water partition coefficient (Wildman–Crippen LogP) is 1.74. The number of carbonyl (C=O) groups excluding carboxylic acids is 3. The van der Waals surface area contributed by atoms with Crippen molar-refractivity contribution >= 4 is 35.7 Å². The Labute approximate surface area is 164 Å². The number of halogens is 1. The molecule has 0 aromatic heterocycles. The molecule has 4 rings (SSSR count). The van der Waals surface area contributed by atoms with E-state index in [1.54, 1.807) is 30.0 Å². The van der Waals surface area contributed by atoms with Crippen molar-refractivity contribution in [3.63, 3.8) is 0 Å². The molecule has 1 saturated carbocycles. The van der Waals surface area contributed by atoms with Crippen molar-refractivity contribution in [1.29, 1.82) is 0 Å². The number of nitrogens with two attached hydrogens (primary N) is 1. The Morgan fingerprint density at radius 3 is 2.56 bits per heavy atom. The van der Waals surface area contributed by atoms with Gasteiger partial charge in [0.25, 0.3) is 5.91 Å². The minimum Gasteiger partial charge on any atom is -0.479 e. The number of piperidine rings is 1. The molecule has 1 aromatic rings. The fourth-order valence-electron chi connectivity index (χ4n) is 3.61. The van der Waals surface area contributed by atoms with Crippen LogP contribution in [0.4, 0.5) is 5.69 Å². The number of nitrogens with one attached hydrogen (secondary N) is 1. The van der Waals surface area contributed by atoms with Gasteiger partial charge in [0.15, 0.2) is 11.9 Å². The fourth-order valence-corrected chi connectivity index (χ4v) is 3.61. The lowest BCUT2D eigenvalue weighted by Gasteiger charge is -2.33. The highest BCUT2D eigenvalue weighted by atomic mass is 35.5. The average molecular weight is 394 g/mol. The molecule has 0 bridgehead atoms. The van der Waals surface area contributed by atoms with Gasteiger partial charge < -0.3 is 20.7 Å². The standard InChI is InChI=1S/C19H23N3O4.ClH/c1-11-17(24)21-14-10-13(2-3-15(14)26-11)16(23)12-4-8-22(9-5-12)18(25)19(20)6-7-19;/h2-3,10-12H,4-9,20H2,1H3,(H,21,24);1H. The number of rotatable bonds is 3. The van der Waals surface area contributed by atoms with Crippen LogP contribution in [0.3, 0.4) is 0 Å². The number of benzene rings is 1. The minimum absolute atomic E-state index is 0. The van der Waals surface area contributed by atoms with Crippen LogP contribution >= 0.6 is 12.4 Å². The molecule has 7 nitrogen and oxygen atoms in total. The number of amides is 2. The molecule has 1 saturated heterocycles. The first kappa shape index (κ1) is 19.6. The van der Waals surface area contributed by atoms with E-state index in [0.717, 1.165) is 12.8 Å². The highest BCUT2D eigenvalue weighted by Crippen LogP contribution is 2.36. The molecule has 2 amide bonds. The zero-order valence-corrected chi connectivity index (χ0v) is 16.0. The van der Waals surface area contributed by atoms with Crippen LogP contribution in [-0.2, 0) is 9.59 Å². The lowest BCUT2D eigenvalue weighted by Crippen LogP contribution is -2.49. The summed E-state index contributed by atoms with van der Waals surface area (Å²) in [5.74, 6) is 0.299. The van der Waals surface area contributed by atoms with E-state index < -0.39 is 11.6 Å². The van der Waals surface area contributed by atoms with Gasteiger partial charge in [0.2, 0.25) is 5.91 Å². The number of ketones is 1. The molecule has 2 fully saturated rings. The Kier molecular flexibility index (Phi) is 5.18. The number of hydrogen-bond donors (Lipinski definition) is 2. The third-order valence-corrected chi connectivity index (χ3v) is 5.56. The van der Waals surface area contributed by atoms with E-state index in [2.05, 4.69) is 5.32 Å². The van der Waals surface area contributed by atoms with Crippen LogP contribution in [0, 0.1) is 5.92 Å². The second kappa shape index (κ2) is 7.13. The quantitative estimate of drug-likeness (QED) is 0.761. The highest BCUT2D eigenvalue weighted by molar-refractivity contribution is 6.02. The van der Waals surface area contributed by atoms with Crippen molar-refractivity contribution in [1.82, 2.24) is 4.90 Å². The number of hydrogen-bond acceptors (Lipinski definition) is 5. The summed E-state index contributed by atoms with van der Waals surface area (Å²) in [5, 5.41) is 2.77. The van der Waals surface area contributed by atoms with E-state index in [4.69, 9.17) is 10.5 Å². The van der Waals surface area contributed by atoms with Gasteiger partial charge in [-0.15, -0.1) is 12.4 Å². The molecule has 1 atom stereocenters. The number of ether oxygens (including phenoxy) is 1. The monoisotopic (exact) mass is 393 g/mol. The topological polar surface area (TPSA) is 102 Å². The smallest absolute Gasteiger partial charge is 0.265 e. The van der Waals surface area contributed by atoms with E-state index in [0.29, 0.717) is 42.9 Å². The Bertz CT molecular complexity index is 785. The van der Waals surface area contributed by atoms with E-state index in [1.165, 1.54) is 0 Å². The summed E-state index contributed by atoms with van der Waals surface area (Å²) in [6.45, 7) is 2.81. The summed E-state index contributed by atoms with van der Waals surface area (Å²) in [5.41, 5.74) is 6.43. The molecule has 27 heavy (non-hydrogen) atoms. The number of likely N-dealkylation sites (tertiary alicyclic amines) is 1. The van der Waals surface area contributed by atoms with Crippen LogP contribution in [0.15, 0.2) is 18.2 Å². The van der Waals surface area contributed by atoms with Crippen LogP contribution < -0.4 is 15.8 Å². The van der Waals surface area contributed by atoms with Gasteiger partial charge in [-0.2, -0.15) is 0 Å². The second-order valence-electron chi connectivity index (χ2n) is 7.55. The summed E-state index contributed by atoms with van der Waals surface area (Å²) >= 11 is 0. The van der Waals surface area contributed by atoms with Gasteiger partial charge in [0.1, 0.15) is 5.75 Å². The van der Waals surface area contributed by atoms with Gasteiger partial charge in [-0.25, -0.2) is 0 Å². The Hall–Kier alpha value is -2.12. The van der Waals surface area contributed by atoms with Crippen molar-refractivity contribution in [2.75, 3.05) is 18.4 Å². The third-order valence-electron chi connectivity index (χ3n) is 5.56. The number of anilines is 1.